The number of benzene rings is 1. The summed E-state index contributed by atoms with van der Waals surface area (Å²) in [5.41, 5.74) is 0.243. The second-order valence-electron chi connectivity index (χ2n) is 5.37. The summed E-state index contributed by atoms with van der Waals surface area (Å²) in [6.07, 6.45) is 0.885. The fourth-order valence-electron chi connectivity index (χ4n) is 2.47. The lowest BCUT2D eigenvalue weighted by molar-refractivity contribution is -0.138. The van der Waals surface area contributed by atoms with E-state index in [1.165, 1.54) is 4.90 Å². The summed E-state index contributed by atoms with van der Waals surface area (Å²) in [6, 6.07) is 3.26. The van der Waals surface area contributed by atoms with Crippen molar-refractivity contribution in [3.8, 4) is 0 Å². The van der Waals surface area contributed by atoms with Gasteiger partial charge in [0.15, 0.2) is 0 Å². The van der Waals surface area contributed by atoms with Gasteiger partial charge in [-0.05, 0) is 42.5 Å². The van der Waals surface area contributed by atoms with E-state index in [9.17, 15) is 18.4 Å². The van der Waals surface area contributed by atoms with Gasteiger partial charge >= 0.3 is 5.97 Å². The molecule has 0 aromatic heterocycles. The van der Waals surface area contributed by atoms with E-state index in [2.05, 4.69) is 0 Å². The first-order valence-electron chi connectivity index (χ1n) is 6.82. The maximum absolute atomic E-state index is 13.6. The number of carbonyl (C=O) groups is 2. The van der Waals surface area contributed by atoms with Crippen LogP contribution in [0.1, 0.15) is 30.7 Å². The molecule has 0 heterocycles. The fourth-order valence-corrected chi connectivity index (χ4v) is 2.47. The number of halogens is 2. The van der Waals surface area contributed by atoms with Gasteiger partial charge in [-0.1, -0.05) is 0 Å². The molecule has 0 spiro atoms. The smallest absolute Gasteiger partial charge is 0.303 e. The lowest BCUT2D eigenvalue weighted by atomic mass is 10.1. The highest BCUT2D eigenvalue weighted by atomic mass is 19.1. The van der Waals surface area contributed by atoms with Gasteiger partial charge in [-0.15, -0.1) is 0 Å². The average Bonchev–Trinajstić information content (AvgIpc) is 3.20. The Morgan fingerprint density at radius 2 is 2.10 bits per heavy atom. The van der Waals surface area contributed by atoms with E-state index in [0.29, 0.717) is 19.4 Å². The Morgan fingerprint density at radius 3 is 2.76 bits per heavy atom. The van der Waals surface area contributed by atoms with E-state index < -0.39 is 17.6 Å². The average molecular weight is 297 g/mol. The Kier molecular flexibility index (Phi) is 4.55. The SMILES string of the molecule is CN(CCCC(=O)O)C(=O)[C@H]1C[C@@H]1c1cc(F)ccc1F. The van der Waals surface area contributed by atoms with Crippen molar-refractivity contribution in [1.82, 2.24) is 4.90 Å². The third kappa shape index (κ3) is 3.77. The van der Waals surface area contributed by atoms with Gasteiger partial charge in [0.1, 0.15) is 11.6 Å². The first-order valence-corrected chi connectivity index (χ1v) is 6.82. The van der Waals surface area contributed by atoms with Crippen LogP contribution in [-0.4, -0.2) is 35.5 Å². The molecule has 21 heavy (non-hydrogen) atoms. The summed E-state index contributed by atoms with van der Waals surface area (Å²) < 4.78 is 26.8. The minimum Gasteiger partial charge on any atom is -0.481 e. The molecule has 4 nitrogen and oxygen atoms in total. The van der Waals surface area contributed by atoms with Gasteiger partial charge in [-0.25, -0.2) is 8.78 Å². The van der Waals surface area contributed by atoms with Gasteiger partial charge in [-0.2, -0.15) is 0 Å². The van der Waals surface area contributed by atoms with Crippen molar-refractivity contribution < 1.29 is 23.5 Å². The second kappa shape index (κ2) is 6.20. The molecule has 1 aliphatic carbocycles. The summed E-state index contributed by atoms with van der Waals surface area (Å²) in [7, 11) is 1.60. The molecule has 1 aromatic carbocycles. The van der Waals surface area contributed by atoms with Crippen LogP contribution in [0.5, 0.6) is 0 Å². The van der Waals surface area contributed by atoms with E-state index in [4.69, 9.17) is 5.11 Å². The van der Waals surface area contributed by atoms with E-state index in [0.717, 1.165) is 18.2 Å². The van der Waals surface area contributed by atoms with Gasteiger partial charge in [0.2, 0.25) is 5.91 Å². The number of hydrogen-bond acceptors (Lipinski definition) is 2. The van der Waals surface area contributed by atoms with Crippen LogP contribution in [0.3, 0.4) is 0 Å². The molecular weight excluding hydrogens is 280 g/mol. The highest BCUT2D eigenvalue weighted by Gasteiger charge is 2.46. The third-order valence-electron chi connectivity index (χ3n) is 3.73. The van der Waals surface area contributed by atoms with Gasteiger partial charge in [0, 0.05) is 25.9 Å². The highest BCUT2D eigenvalue weighted by molar-refractivity contribution is 5.82. The zero-order valence-electron chi connectivity index (χ0n) is 11.7. The minimum atomic E-state index is -0.901. The zero-order chi connectivity index (χ0) is 15.6. The molecule has 2 atom stereocenters. The summed E-state index contributed by atoms with van der Waals surface area (Å²) in [4.78, 5) is 24.0. The molecule has 0 saturated heterocycles. The number of hydrogen-bond donors (Lipinski definition) is 1. The maximum Gasteiger partial charge on any atom is 0.303 e. The number of carboxylic acid groups (broad SMARTS) is 1. The number of carbonyl (C=O) groups excluding carboxylic acids is 1. The Bertz CT molecular complexity index is 562. The van der Waals surface area contributed by atoms with Crippen LogP contribution in [0.2, 0.25) is 0 Å². The van der Waals surface area contributed by atoms with Crippen molar-refractivity contribution in [3.63, 3.8) is 0 Å². The van der Waals surface area contributed by atoms with Crippen LogP contribution in [0.4, 0.5) is 8.78 Å². The monoisotopic (exact) mass is 297 g/mol. The lowest BCUT2D eigenvalue weighted by Crippen LogP contribution is -2.29. The molecule has 1 amide bonds. The normalized spacial score (nSPS) is 20.1. The summed E-state index contributed by atoms with van der Waals surface area (Å²) in [5, 5.41) is 8.55. The van der Waals surface area contributed by atoms with E-state index in [1.54, 1.807) is 7.05 Å². The van der Waals surface area contributed by atoms with Crippen LogP contribution in [0, 0.1) is 17.6 Å². The minimum absolute atomic E-state index is 0.00421. The van der Waals surface area contributed by atoms with E-state index in [1.807, 2.05) is 0 Å². The molecule has 0 bridgehead atoms. The van der Waals surface area contributed by atoms with Gasteiger partial charge in [-0.3, -0.25) is 9.59 Å². The molecular formula is C15H17F2NO3. The second-order valence-corrected chi connectivity index (χ2v) is 5.37. The fraction of sp³-hybridized carbons (Fsp3) is 0.467. The molecule has 1 saturated carbocycles. The molecule has 0 aliphatic heterocycles. The Labute approximate surface area is 121 Å². The van der Waals surface area contributed by atoms with Crippen molar-refractivity contribution in [2.75, 3.05) is 13.6 Å². The number of aliphatic carboxylic acids is 1. The standard InChI is InChI=1S/C15H17F2NO3/c1-18(6-2-3-14(19)20)15(21)12-8-10(12)11-7-9(16)4-5-13(11)17/h4-5,7,10,12H,2-3,6,8H2,1H3,(H,19,20)/t10-,12+/m1/s1. The first kappa shape index (κ1) is 15.4. The third-order valence-corrected chi connectivity index (χ3v) is 3.73. The number of amides is 1. The Morgan fingerprint density at radius 1 is 1.38 bits per heavy atom. The molecule has 1 aliphatic rings. The first-order chi connectivity index (χ1) is 9.90. The molecule has 0 unspecified atom stereocenters. The van der Waals surface area contributed by atoms with Crippen molar-refractivity contribution in [3.05, 3.63) is 35.4 Å². The van der Waals surface area contributed by atoms with Gasteiger partial charge in [0.25, 0.3) is 0 Å². The van der Waals surface area contributed by atoms with Crippen molar-refractivity contribution in [1.29, 1.82) is 0 Å². The highest BCUT2D eigenvalue weighted by Crippen LogP contribution is 2.49. The van der Waals surface area contributed by atoms with E-state index in [-0.39, 0.29) is 29.7 Å². The molecule has 114 valence electrons. The molecule has 1 fully saturated rings. The van der Waals surface area contributed by atoms with Gasteiger partial charge in [0.05, 0.1) is 0 Å². The van der Waals surface area contributed by atoms with Crippen molar-refractivity contribution in [2.24, 2.45) is 5.92 Å². The lowest BCUT2D eigenvalue weighted by Gasteiger charge is -2.16. The zero-order valence-corrected chi connectivity index (χ0v) is 11.7. The topological polar surface area (TPSA) is 57.6 Å². The van der Waals surface area contributed by atoms with Crippen LogP contribution in [-0.2, 0) is 9.59 Å². The number of rotatable bonds is 6. The molecule has 0 radical (unpaired) electrons. The maximum atomic E-state index is 13.6. The molecule has 1 aromatic rings. The van der Waals surface area contributed by atoms with Crippen LogP contribution >= 0.6 is 0 Å². The summed E-state index contributed by atoms with van der Waals surface area (Å²) >= 11 is 0. The number of carboxylic acids is 1. The van der Waals surface area contributed by atoms with Crippen molar-refractivity contribution >= 4 is 11.9 Å². The predicted octanol–water partition coefficient (Wildman–Crippen LogP) is 2.39. The quantitative estimate of drug-likeness (QED) is 0.877. The van der Waals surface area contributed by atoms with Crippen LogP contribution in [0.25, 0.3) is 0 Å². The van der Waals surface area contributed by atoms with Crippen molar-refractivity contribution in [2.45, 2.75) is 25.2 Å². The van der Waals surface area contributed by atoms with Crippen LogP contribution in [0.15, 0.2) is 18.2 Å². The largest absolute Gasteiger partial charge is 0.481 e. The Hall–Kier alpha value is -1.98. The van der Waals surface area contributed by atoms with Gasteiger partial charge < -0.3 is 10.0 Å². The number of nitrogens with zero attached hydrogens (tertiary/aromatic N) is 1. The van der Waals surface area contributed by atoms with E-state index >= 15 is 0 Å². The summed E-state index contributed by atoms with van der Waals surface area (Å²) in [6.45, 7) is 0.347. The van der Waals surface area contributed by atoms with Crippen LogP contribution < -0.4 is 0 Å². The predicted molar refractivity (Wildman–Crippen MR) is 71.7 cm³/mol. The molecule has 1 N–H and O–H groups in total. The molecule has 6 heteroatoms. The summed E-state index contributed by atoms with van der Waals surface area (Å²) in [5.74, 6) is -2.67. The molecule has 2 rings (SSSR count). The Balaban J connectivity index is 1.91.